The average molecular weight is 274 g/mol. The van der Waals surface area contributed by atoms with Gasteiger partial charge in [-0.15, -0.1) is 12.4 Å². The van der Waals surface area contributed by atoms with Crippen molar-refractivity contribution in [2.45, 2.75) is 19.4 Å². The number of hydrogen-bond acceptors (Lipinski definition) is 3. The van der Waals surface area contributed by atoms with E-state index < -0.39 is 5.97 Å². The first-order valence-corrected chi connectivity index (χ1v) is 5.58. The third kappa shape index (κ3) is 4.94. The van der Waals surface area contributed by atoms with Crippen LogP contribution in [-0.2, 0) is 11.2 Å². The summed E-state index contributed by atoms with van der Waals surface area (Å²) in [7, 11) is 3.46. The molecule has 0 bridgehead atoms. The molecule has 0 radical (unpaired) electrons. The van der Waals surface area contributed by atoms with E-state index in [4.69, 9.17) is 9.84 Å². The third-order valence-electron chi connectivity index (χ3n) is 2.84. The van der Waals surface area contributed by atoms with Crippen LogP contribution < -0.4 is 4.74 Å². The number of carboxylic acid groups (broad SMARTS) is 1. The van der Waals surface area contributed by atoms with Gasteiger partial charge in [0.1, 0.15) is 5.75 Å². The van der Waals surface area contributed by atoms with Crippen LogP contribution in [0.1, 0.15) is 12.5 Å². The fourth-order valence-electron chi connectivity index (χ4n) is 1.71. The molecule has 0 saturated heterocycles. The number of benzene rings is 1. The van der Waals surface area contributed by atoms with Crippen molar-refractivity contribution in [2.75, 3.05) is 20.7 Å². The van der Waals surface area contributed by atoms with Gasteiger partial charge in [-0.1, -0.05) is 18.2 Å². The first kappa shape index (κ1) is 16.7. The molecule has 0 amide bonds. The molecule has 0 aliphatic carbocycles. The van der Waals surface area contributed by atoms with Crippen LogP contribution in [-0.4, -0.2) is 42.7 Å². The predicted octanol–water partition coefficient (Wildman–Crippen LogP) is 2.06. The molecule has 1 rings (SSSR count). The second-order valence-corrected chi connectivity index (χ2v) is 4.17. The van der Waals surface area contributed by atoms with Crippen molar-refractivity contribution < 1.29 is 14.6 Å². The number of aliphatic carboxylic acids is 1. The van der Waals surface area contributed by atoms with Gasteiger partial charge >= 0.3 is 5.97 Å². The number of nitrogens with zero attached hydrogens (tertiary/aromatic N) is 1. The van der Waals surface area contributed by atoms with E-state index in [0.717, 1.165) is 17.7 Å². The lowest BCUT2D eigenvalue weighted by molar-refractivity contribution is -0.138. The van der Waals surface area contributed by atoms with Gasteiger partial charge in [0.25, 0.3) is 0 Å². The fraction of sp³-hybridized carbons (Fsp3) is 0.462. The molecule has 1 atom stereocenters. The molecule has 0 aliphatic heterocycles. The van der Waals surface area contributed by atoms with E-state index in [1.165, 1.54) is 0 Å². The third-order valence-corrected chi connectivity index (χ3v) is 2.84. The van der Waals surface area contributed by atoms with Gasteiger partial charge in [0.2, 0.25) is 0 Å². The molecule has 18 heavy (non-hydrogen) atoms. The van der Waals surface area contributed by atoms with Crippen LogP contribution in [0.4, 0.5) is 0 Å². The summed E-state index contributed by atoms with van der Waals surface area (Å²) < 4.78 is 5.27. The van der Waals surface area contributed by atoms with Crippen LogP contribution in [0.3, 0.4) is 0 Å². The topological polar surface area (TPSA) is 49.8 Å². The zero-order valence-corrected chi connectivity index (χ0v) is 11.7. The van der Waals surface area contributed by atoms with Crippen molar-refractivity contribution in [3.8, 4) is 5.75 Å². The van der Waals surface area contributed by atoms with Gasteiger partial charge in [0.05, 0.1) is 13.7 Å². The first-order chi connectivity index (χ1) is 8.04. The summed E-state index contributed by atoms with van der Waals surface area (Å²) in [4.78, 5) is 12.4. The maximum atomic E-state index is 10.6. The van der Waals surface area contributed by atoms with Gasteiger partial charge in [-0.05, 0) is 32.0 Å². The van der Waals surface area contributed by atoms with Crippen molar-refractivity contribution in [3.63, 3.8) is 0 Å². The van der Waals surface area contributed by atoms with Gasteiger partial charge < -0.3 is 9.84 Å². The Morgan fingerprint density at radius 3 is 2.61 bits per heavy atom. The van der Waals surface area contributed by atoms with Crippen molar-refractivity contribution in [1.29, 1.82) is 0 Å². The van der Waals surface area contributed by atoms with Crippen molar-refractivity contribution in [2.24, 2.45) is 0 Å². The molecule has 1 aromatic rings. The molecule has 102 valence electrons. The predicted molar refractivity (Wildman–Crippen MR) is 73.7 cm³/mol. The molecule has 1 unspecified atom stereocenters. The summed E-state index contributed by atoms with van der Waals surface area (Å²) in [5.41, 5.74) is 1.10. The smallest absolute Gasteiger partial charge is 0.317 e. The largest absolute Gasteiger partial charge is 0.496 e. The first-order valence-electron chi connectivity index (χ1n) is 5.58. The van der Waals surface area contributed by atoms with E-state index in [-0.39, 0.29) is 25.0 Å². The summed E-state index contributed by atoms with van der Waals surface area (Å²) in [6.45, 7) is 2.06. The number of hydrogen-bond donors (Lipinski definition) is 1. The minimum Gasteiger partial charge on any atom is -0.496 e. The highest BCUT2D eigenvalue weighted by atomic mass is 35.5. The van der Waals surface area contributed by atoms with Crippen molar-refractivity contribution in [1.82, 2.24) is 4.90 Å². The van der Waals surface area contributed by atoms with E-state index in [2.05, 4.69) is 0 Å². The fourth-order valence-corrected chi connectivity index (χ4v) is 1.71. The highest BCUT2D eigenvalue weighted by Crippen LogP contribution is 2.19. The van der Waals surface area contributed by atoms with Gasteiger partial charge in [-0.3, -0.25) is 9.69 Å². The quantitative estimate of drug-likeness (QED) is 0.862. The summed E-state index contributed by atoms with van der Waals surface area (Å²) in [6.07, 6.45) is 0.772. The van der Waals surface area contributed by atoms with Gasteiger partial charge in [-0.25, -0.2) is 0 Å². The summed E-state index contributed by atoms with van der Waals surface area (Å²) in [5, 5.41) is 8.73. The highest BCUT2D eigenvalue weighted by molar-refractivity contribution is 5.85. The molecule has 0 aliphatic rings. The Kier molecular flexibility index (Phi) is 7.39. The van der Waals surface area contributed by atoms with E-state index in [9.17, 15) is 4.79 Å². The summed E-state index contributed by atoms with van der Waals surface area (Å²) in [5.74, 6) is 0.0439. The van der Waals surface area contributed by atoms with Crippen molar-refractivity contribution >= 4 is 18.4 Å². The monoisotopic (exact) mass is 273 g/mol. The highest BCUT2D eigenvalue weighted by Gasteiger charge is 2.14. The van der Waals surface area contributed by atoms with Crippen LogP contribution in [0.15, 0.2) is 24.3 Å². The number of methoxy groups -OCH3 is 1. The number of para-hydroxylation sites is 1. The molecule has 4 nitrogen and oxygen atoms in total. The second-order valence-electron chi connectivity index (χ2n) is 4.17. The number of likely N-dealkylation sites (N-methyl/N-ethyl adjacent to an activating group) is 1. The second kappa shape index (κ2) is 7.95. The maximum absolute atomic E-state index is 10.6. The van der Waals surface area contributed by atoms with Crippen LogP contribution in [0.2, 0.25) is 0 Å². The molecule has 0 aromatic heterocycles. The SMILES string of the molecule is COc1ccccc1CC(C)N(C)CC(=O)O.Cl. The minimum atomic E-state index is -0.806. The van der Waals surface area contributed by atoms with Crippen LogP contribution in [0.25, 0.3) is 0 Å². The molecule has 5 heteroatoms. The lowest BCUT2D eigenvalue weighted by atomic mass is 10.1. The number of rotatable bonds is 6. The Hall–Kier alpha value is -1.26. The lowest BCUT2D eigenvalue weighted by Crippen LogP contribution is -2.35. The molecule has 1 aromatic carbocycles. The van der Waals surface area contributed by atoms with Gasteiger partial charge in [-0.2, -0.15) is 0 Å². The van der Waals surface area contributed by atoms with E-state index in [0.29, 0.717) is 0 Å². The van der Waals surface area contributed by atoms with Gasteiger partial charge in [0, 0.05) is 6.04 Å². The molecule has 0 saturated carbocycles. The number of carboxylic acids is 1. The summed E-state index contributed by atoms with van der Waals surface area (Å²) in [6, 6.07) is 7.96. The van der Waals surface area contributed by atoms with Crippen LogP contribution >= 0.6 is 12.4 Å². The molecule has 0 heterocycles. The number of ether oxygens (including phenoxy) is 1. The zero-order chi connectivity index (χ0) is 12.8. The average Bonchev–Trinajstić information content (AvgIpc) is 2.28. The standard InChI is InChI=1S/C13H19NO3.ClH/c1-10(14(2)9-13(15)16)8-11-6-4-5-7-12(11)17-3;/h4-7,10H,8-9H2,1-3H3,(H,15,16);1H. The van der Waals surface area contributed by atoms with Crippen LogP contribution in [0.5, 0.6) is 5.75 Å². The maximum Gasteiger partial charge on any atom is 0.317 e. The number of halogens is 1. The Bertz CT molecular complexity index is 384. The lowest BCUT2D eigenvalue weighted by Gasteiger charge is -2.23. The Balaban J connectivity index is 0.00000289. The normalized spacial score (nSPS) is 11.8. The summed E-state index contributed by atoms with van der Waals surface area (Å²) >= 11 is 0. The minimum absolute atomic E-state index is 0. The molecule has 0 fully saturated rings. The van der Waals surface area contributed by atoms with Crippen molar-refractivity contribution in [3.05, 3.63) is 29.8 Å². The number of carbonyl (C=O) groups is 1. The van der Waals surface area contributed by atoms with E-state index in [1.807, 2.05) is 43.1 Å². The van der Waals surface area contributed by atoms with Crippen LogP contribution in [0, 0.1) is 0 Å². The molecule has 0 spiro atoms. The molecule has 1 N–H and O–H groups in total. The zero-order valence-electron chi connectivity index (χ0n) is 10.9. The molecular weight excluding hydrogens is 254 g/mol. The van der Waals surface area contributed by atoms with E-state index in [1.54, 1.807) is 7.11 Å². The Morgan fingerprint density at radius 1 is 1.44 bits per heavy atom. The molecular formula is C13H20ClNO3. The van der Waals surface area contributed by atoms with E-state index >= 15 is 0 Å². The Morgan fingerprint density at radius 2 is 2.06 bits per heavy atom. The van der Waals surface area contributed by atoms with Gasteiger partial charge in [0.15, 0.2) is 0 Å². The Labute approximate surface area is 114 Å².